The zero-order valence-corrected chi connectivity index (χ0v) is 22.7. The zero-order chi connectivity index (χ0) is 26.7. The molecule has 9 nitrogen and oxygen atoms in total. The molecule has 1 spiro atoms. The fraction of sp³-hybridized carbons (Fsp3) is 0.655. The Morgan fingerprint density at radius 2 is 1.84 bits per heavy atom. The van der Waals surface area contributed by atoms with Crippen LogP contribution in [0.25, 0.3) is 0 Å². The summed E-state index contributed by atoms with van der Waals surface area (Å²) >= 11 is 0. The van der Waals surface area contributed by atoms with Crippen molar-refractivity contribution in [3.05, 3.63) is 35.1 Å². The van der Waals surface area contributed by atoms with Gasteiger partial charge in [0.2, 0.25) is 6.79 Å². The minimum Gasteiger partial charge on any atom is -0.497 e. The van der Waals surface area contributed by atoms with E-state index in [2.05, 4.69) is 23.1 Å². The molecule has 1 unspecified atom stereocenters. The van der Waals surface area contributed by atoms with Crippen LogP contribution in [0.4, 0.5) is 0 Å². The Balaban J connectivity index is 1.41. The molecule has 4 aliphatic heterocycles. The minimum absolute atomic E-state index is 0.192. The van der Waals surface area contributed by atoms with E-state index in [0.717, 1.165) is 56.5 Å². The fourth-order valence-corrected chi connectivity index (χ4v) is 7.39. The molecule has 6 rings (SSSR count). The molecule has 2 fully saturated rings. The number of benzene rings is 1. The Kier molecular flexibility index (Phi) is 6.14. The van der Waals surface area contributed by atoms with Crippen LogP contribution >= 0.6 is 0 Å². The maximum Gasteiger partial charge on any atom is 0.339 e. The highest BCUT2D eigenvalue weighted by Crippen LogP contribution is 2.56. The topological polar surface area (TPSA) is 92.8 Å². The third-order valence-corrected chi connectivity index (χ3v) is 9.06. The maximum absolute atomic E-state index is 14.1. The van der Waals surface area contributed by atoms with Crippen LogP contribution in [0.5, 0.6) is 11.5 Å². The Hall–Kier alpha value is -2.78. The van der Waals surface area contributed by atoms with Crippen LogP contribution in [-0.2, 0) is 35.0 Å². The first-order valence-electron chi connectivity index (χ1n) is 13.6. The van der Waals surface area contributed by atoms with E-state index < -0.39 is 29.2 Å². The van der Waals surface area contributed by atoms with Gasteiger partial charge in [0.05, 0.1) is 37.7 Å². The lowest BCUT2D eigenvalue weighted by atomic mass is 9.77. The molecule has 5 aliphatic rings. The molecule has 1 aromatic rings. The van der Waals surface area contributed by atoms with Gasteiger partial charge < -0.3 is 28.4 Å². The molecule has 4 heterocycles. The lowest BCUT2D eigenvalue weighted by Crippen LogP contribution is -2.54. The number of carbonyl (C=O) groups excluding carboxylic acids is 2. The van der Waals surface area contributed by atoms with Gasteiger partial charge in [0, 0.05) is 6.54 Å². The highest BCUT2D eigenvalue weighted by Gasteiger charge is 2.60. The molecule has 1 aromatic carbocycles. The number of rotatable bonds is 5. The van der Waals surface area contributed by atoms with E-state index in [1.165, 1.54) is 12.7 Å². The second kappa shape index (κ2) is 9.16. The molecule has 38 heavy (non-hydrogen) atoms. The molecule has 1 aliphatic carbocycles. The van der Waals surface area contributed by atoms with Crippen LogP contribution in [0, 0.1) is 0 Å². The molecule has 0 aromatic heterocycles. The minimum atomic E-state index is -1.42. The summed E-state index contributed by atoms with van der Waals surface area (Å²) in [5, 5.41) is 0. The summed E-state index contributed by atoms with van der Waals surface area (Å²) in [5.41, 5.74) is -0.0682. The number of hydrogen-bond acceptors (Lipinski definition) is 9. The summed E-state index contributed by atoms with van der Waals surface area (Å²) in [7, 11) is 2.95. The number of nitrogens with zero attached hydrogens (tertiary/aromatic N) is 1. The molecular formula is C29H37NO8. The average molecular weight is 528 g/mol. The predicted octanol–water partition coefficient (Wildman–Crippen LogP) is 3.63. The predicted molar refractivity (Wildman–Crippen MR) is 136 cm³/mol. The monoisotopic (exact) mass is 527 g/mol. The summed E-state index contributed by atoms with van der Waals surface area (Å²) in [4.78, 5) is 29.1. The number of hydrogen-bond donors (Lipinski definition) is 0. The van der Waals surface area contributed by atoms with Crippen molar-refractivity contribution < 1.29 is 38.0 Å². The van der Waals surface area contributed by atoms with Gasteiger partial charge in [-0.05, 0) is 88.3 Å². The second-order valence-electron chi connectivity index (χ2n) is 11.8. The van der Waals surface area contributed by atoms with Gasteiger partial charge >= 0.3 is 11.9 Å². The Bertz CT molecular complexity index is 1180. The molecule has 0 radical (unpaired) electrons. The molecule has 0 amide bonds. The van der Waals surface area contributed by atoms with E-state index in [0.29, 0.717) is 17.9 Å². The third-order valence-electron chi connectivity index (χ3n) is 9.06. The van der Waals surface area contributed by atoms with Gasteiger partial charge in [0.25, 0.3) is 0 Å². The fourth-order valence-electron chi connectivity index (χ4n) is 7.39. The molecule has 9 heteroatoms. The highest BCUT2D eigenvalue weighted by atomic mass is 16.7. The van der Waals surface area contributed by atoms with Crippen LogP contribution in [0.15, 0.2) is 24.0 Å². The van der Waals surface area contributed by atoms with E-state index in [1.807, 2.05) is 13.8 Å². The summed E-state index contributed by atoms with van der Waals surface area (Å²) in [6.45, 7) is 5.94. The van der Waals surface area contributed by atoms with Crippen molar-refractivity contribution in [3.63, 3.8) is 0 Å². The van der Waals surface area contributed by atoms with Gasteiger partial charge in [-0.1, -0.05) is 0 Å². The van der Waals surface area contributed by atoms with Gasteiger partial charge in [-0.2, -0.15) is 0 Å². The first-order chi connectivity index (χ1) is 18.2. The van der Waals surface area contributed by atoms with Crippen molar-refractivity contribution in [1.29, 1.82) is 0 Å². The van der Waals surface area contributed by atoms with Crippen molar-refractivity contribution in [3.8, 4) is 11.5 Å². The van der Waals surface area contributed by atoms with E-state index in [4.69, 9.17) is 28.4 Å². The largest absolute Gasteiger partial charge is 0.497 e. The van der Waals surface area contributed by atoms with E-state index in [-0.39, 0.29) is 24.7 Å². The quantitative estimate of drug-likeness (QED) is 0.532. The molecule has 0 N–H and O–H groups in total. The number of ether oxygens (including phenoxy) is 6. The second-order valence-corrected chi connectivity index (χ2v) is 11.8. The smallest absolute Gasteiger partial charge is 0.339 e. The Morgan fingerprint density at radius 1 is 1.05 bits per heavy atom. The molecule has 2 saturated heterocycles. The number of esters is 2. The molecular weight excluding hydrogens is 490 g/mol. The lowest BCUT2D eigenvalue weighted by molar-refractivity contribution is -0.216. The summed E-state index contributed by atoms with van der Waals surface area (Å²) in [6, 6.07) is 4.13. The summed E-state index contributed by atoms with van der Waals surface area (Å²) in [6.07, 6.45) is 6.07. The van der Waals surface area contributed by atoms with Crippen molar-refractivity contribution in [2.45, 2.75) is 87.6 Å². The van der Waals surface area contributed by atoms with E-state index >= 15 is 0 Å². The Labute approximate surface area is 223 Å². The standard InChI is InChI=1S/C29H37NO8/c1-27(2)8-5-10-29(38-27,16-23(31)34-4)26(32)37-25-22(33-3)15-28-9-6-11-30(28)12-7-18-13-20-21(36-17-35-20)14-19(18)24(25)28/h13-15,24-25H,5-12,16-17H2,1-4H3/t24-,25?,28+,29-/m1/s1. The van der Waals surface area contributed by atoms with Gasteiger partial charge in [-0.3, -0.25) is 9.69 Å². The number of fused-ring (bicyclic) bond motifs is 3. The van der Waals surface area contributed by atoms with Crippen LogP contribution in [-0.4, -0.2) is 73.8 Å². The SMILES string of the molecule is COC(=O)C[C@@]1(C(=O)OC2C(OC)=C[C@]34CCCN3CCc3cc5c(cc3[C@H]24)OCO5)CCCC(C)(C)O1. The van der Waals surface area contributed by atoms with E-state index in [9.17, 15) is 9.59 Å². The van der Waals surface area contributed by atoms with Crippen molar-refractivity contribution in [2.24, 2.45) is 0 Å². The lowest BCUT2D eigenvalue weighted by Gasteiger charge is -2.44. The van der Waals surface area contributed by atoms with Crippen LogP contribution in [0.2, 0.25) is 0 Å². The normalized spacial score (nSPS) is 32.9. The van der Waals surface area contributed by atoms with Gasteiger partial charge in [0.15, 0.2) is 23.2 Å². The average Bonchev–Trinajstić information content (AvgIpc) is 3.57. The van der Waals surface area contributed by atoms with Gasteiger partial charge in [-0.25, -0.2) is 4.79 Å². The van der Waals surface area contributed by atoms with Crippen molar-refractivity contribution in [1.82, 2.24) is 4.90 Å². The van der Waals surface area contributed by atoms with Crippen LogP contribution in [0.3, 0.4) is 0 Å². The van der Waals surface area contributed by atoms with Crippen LogP contribution in [0.1, 0.15) is 69.4 Å². The first kappa shape index (κ1) is 25.5. The van der Waals surface area contributed by atoms with Crippen molar-refractivity contribution in [2.75, 3.05) is 34.1 Å². The maximum atomic E-state index is 14.1. The van der Waals surface area contributed by atoms with E-state index in [1.54, 1.807) is 7.11 Å². The highest BCUT2D eigenvalue weighted by molar-refractivity contribution is 5.86. The van der Waals surface area contributed by atoms with Gasteiger partial charge in [-0.15, -0.1) is 0 Å². The number of carbonyl (C=O) groups is 2. The Morgan fingerprint density at radius 3 is 2.58 bits per heavy atom. The number of methoxy groups -OCH3 is 2. The summed E-state index contributed by atoms with van der Waals surface area (Å²) in [5.74, 6) is 0.852. The third kappa shape index (κ3) is 3.97. The van der Waals surface area contributed by atoms with Gasteiger partial charge in [0.1, 0.15) is 5.76 Å². The molecule has 206 valence electrons. The van der Waals surface area contributed by atoms with Crippen LogP contribution < -0.4 is 9.47 Å². The zero-order valence-electron chi connectivity index (χ0n) is 22.7. The molecule has 0 saturated carbocycles. The van der Waals surface area contributed by atoms with Crippen molar-refractivity contribution >= 4 is 11.9 Å². The first-order valence-corrected chi connectivity index (χ1v) is 13.6. The molecule has 0 bridgehead atoms. The summed E-state index contributed by atoms with van der Waals surface area (Å²) < 4.78 is 35.1. The molecule has 4 atom stereocenters.